The number of aromatic nitrogens is 1. The van der Waals surface area contributed by atoms with E-state index < -0.39 is 17.6 Å². The number of para-hydroxylation sites is 1. The highest BCUT2D eigenvalue weighted by atomic mass is 19.4. The van der Waals surface area contributed by atoms with E-state index in [0.29, 0.717) is 13.1 Å². The van der Waals surface area contributed by atoms with E-state index in [-0.39, 0.29) is 23.0 Å². The Balaban J connectivity index is 1.81. The fourth-order valence-corrected chi connectivity index (χ4v) is 2.79. The van der Waals surface area contributed by atoms with Crippen LogP contribution in [0.3, 0.4) is 0 Å². The zero-order valence-electron chi connectivity index (χ0n) is 13.7. The molecule has 2 aromatic rings. The SMILES string of the molecule is O=C(Nc1ccccc1C(F)(F)F)c1cccc(C(=O)N2CCCC2)n1. The number of halogens is 3. The summed E-state index contributed by atoms with van der Waals surface area (Å²) in [4.78, 5) is 30.3. The number of nitrogens with one attached hydrogen (secondary N) is 1. The van der Waals surface area contributed by atoms with Gasteiger partial charge in [-0.05, 0) is 37.1 Å². The largest absolute Gasteiger partial charge is 0.418 e. The number of nitrogens with zero attached hydrogens (tertiary/aromatic N) is 2. The van der Waals surface area contributed by atoms with Gasteiger partial charge in [0.25, 0.3) is 11.8 Å². The van der Waals surface area contributed by atoms with Crippen LogP contribution in [0.2, 0.25) is 0 Å². The van der Waals surface area contributed by atoms with E-state index in [4.69, 9.17) is 0 Å². The molecule has 1 aliphatic rings. The Bertz CT molecular complexity index is 830. The predicted molar refractivity (Wildman–Crippen MR) is 88.8 cm³/mol. The Morgan fingerprint density at radius 3 is 2.31 bits per heavy atom. The summed E-state index contributed by atoms with van der Waals surface area (Å²) in [5, 5.41) is 2.22. The van der Waals surface area contributed by atoms with Crippen molar-refractivity contribution in [3.8, 4) is 0 Å². The summed E-state index contributed by atoms with van der Waals surface area (Å²) in [7, 11) is 0. The van der Waals surface area contributed by atoms with Crippen molar-refractivity contribution in [3.05, 3.63) is 59.4 Å². The Labute approximate surface area is 147 Å². The lowest BCUT2D eigenvalue weighted by molar-refractivity contribution is -0.136. The number of hydrogen-bond acceptors (Lipinski definition) is 3. The first kappa shape index (κ1) is 17.9. The summed E-state index contributed by atoms with van der Waals surface area (Å²) in [5.41, 5.74) is -1.32. The predicted octanol–water partition coefficient (Wildman–Crippen LogP) is 3.59. The summed E-state index contributed by atoms with van der Waals surface area (Å²) in [6.45, 7) is 1.27. The number of hydrogen-bond donors (Lipinski definition) is 1. The fraction of sp³-hybridized carbons (Fsp3) is 0.278. The molecule has 3 rings (SSSR count). The third-order valence-electron chi connectivity index (χ3n) is 4.07. The van der Waals surface area contributed by atoms with E-state index in [1.165, 1.54) is 36.4 Å². The third kappa shape index (κ3) is 3.84. The molecule has 1 N–H and O–H groups in total. The topological polar surface area (TPSA) is 62.3 Å². The van der Waals surface area contributed by atoms with Crippen molar-refractivity contribution in [1.29, 1.82) is 0 Å². The molecular formula is C18H16F3N3O2. The number of alkyl halides is 3. The molecule has 0 spiro atoms. The number of carbonyl (C=O) groups excluding carboxylic acids is 2. The number of likely N-dealkylation sites (tertiary alicyclic amines) is 1. The zero-order valence-corrected chi connectivity index (χ0v) is 13.7. The highest BCUT2D eigenvalue weighted by Crippen LogP contribution is 2.34. The smallest absolute Gasteiger partial charge is 0.337 e. The van der Waals surface area contributed by atoms with Crippen molar-refractivity contribution in [2.24, 2.45) is 0 Å². The van der Waals surface area contributed by atoms with Crippen molar-refractivity contribution in [1.82, 2.24) is 9.88 Å². The summed E-state index contributed by atoms with van der Waals surface area (Å²) in [5.74, 6) is -1.09. The summed E-state index contributed by atoms with van der Waals surface area (Å²) in [6.07, 6.45) is -2.76. The molecule has 5 nitrogen and oxygen atoms in total. The van der Waals surface area contributed by atoms with Crippen LogP contribution in [0.5, 0.6) is 0 Å². The minimum atomic E-state index is -4.59. The van der Waals surface area contributed by atoms with Gasteiger partial charge in [-0.2, -0.15) is 13.2 Å². The molecule has 2 amide bonds. The Hall–Kier alpha value is -2.90. The van der Waals surface area contributed by atoms with Gasteiger partial charge in [0.1, 0.15) is 11.4 Å². The lowest BCUT2D eigenvalue weighted by atomic mass is 10.1. The number of amides is 2. The van der Waals surface area contributed by atoms with E-state index in [0.717, 1.165) is 18.9 Å². The monoisotopic (exact) mass is 363 g/mol. The molecule has 1 saturated heterocycles. The van der Waals surface area contributed by atoms with Gasteiger partial charge in [0.15, 0.2) is 0 Å². The standard InChI is InChI=1S/C18H16F3N3O2/c19-18(20,21)12-6-1-2-7-13(12)23-16(25)14-8-5-9-15(22-14)17(26)24-10-3-4-11-24/h1-2,5-9H,3-4,10-11H2,(H,23,25). The molecule has 1 aromatic heterocycles. The van der Waals surface area contributed by atoms with Gasteiger partial charge in [-0.3, -0.25) is 9.59 Å². The van der Waals surface area contributed by atoms with Crippen LogP contribution in [0.1, 0.15) is 39.4 Å². The van der Waals surface area contributed by atoms with Crippen LogP contribution in [-0.2, 0) is 6.18 Å². The minimum absolute atomic E-state index is 0.101. The number of carbonyl (C=O) groups is 2. The van der Waals surface area contributed by atoms with E-state index in [1.807, 2.05) is 0 Å². The van der Waals surface area contributed by atoms with Crippen LogP contribution >= 0.6 is 0 Å². The molecule has 0 bridgehead atoms. The highest BCUT2D eigenvalue weighted by molar-refractivity contribution is 6.04. The average Bonchev–Trinajstić information content (AvgIpc) is 3.15. The van der Waals surface area contributed by atoms with E-state index in [9.17, 15) is 22.8 Å². The number of benzene rings is 1. The van der Waals surface area contributed by atoms with Crippen LogP contribution in [0.15, 0.2) is 42.5 Å². The maximum absolute atomic E-state index is 13.0. The van der Waals surface area contributed by atoms with E-state index in [2.05, 4.69) is 10.3 Å². The second-order valence-corrected chi connectivity index (χ2v) is 5.90. The molecule has 0 aliphatic carbocycles. The minimum Gasteiger partial charge on any atom is -0.337 e. The highest BCUT2D eigenvalue weighted by Gasteiger charge is 2.33. The molecule has 26 heavy (non-hydrogen) atoms. The van der Waals surface area contributed by atoms with Gasteiger partial charge in [0.2, 0.25) is 0 Å². The Morgan fingerprint density at radius 2 is 1.62 bits per heavy atom. The van der Waals surface area contributed by atoms with Crippen LogP contribution in [0.4, 0.5) is 18.9 Å². The second kappa shape index (κ2) is 7.15. The third-order valence-corrected chi connectivity index (χ3v) is 4.07. The van der Waals surface area contributed by atoms with Gasteiger partial charge in [-0.15, -0.1) is 0 Å². The molecule has 0 radical (unpaired) electrons. The first-order valence-electron chi connectivity index (χ1n) is 8.10. The first-order chi connectivity index (χ1) is 12.4. The summed E-state index contributed by atoms with van der Waals surface area (Å²) in [6, 6.07) is 9.02. The van der Waals surface area contributed by atoms with Gasteiger partial charge >= 0.3 is 6.18 Å². The molecule has 0 atom stereocenters. The Morgan fingerprint density at radius 1 is 0.962 bits per heavy atom. The summed E-state index contributed by atoms with van der Waals surface area (Å²) < 4.78 is 39.1. The van der Waals surface area contributed by atoms with Crippen molar-refractivity contribution >= 4 is 17.5 Å². The fourth-order valence-electron chi connectivity index (χ4n) is 2.79. The second-order valence-electron chi connectivity index (χ2n) is 5.90. The van der Waals surface area contributed by atoms with E-state index in [1.54, 1.807) is 4.90 Å². The number of anilines is 1. The molecule has 2 heterocycles. The number of pyridine rings is 1. The average molecular weight is 363 g/mol. The molecular weight excluding hydrogens is 347 g/mol. The maximum atomic E-state index is 13.0. The van der Waals surface area contributed by atoms with Gasteiger partial charge < -0.3 is 10.2 Å². The quantitative estimate of drug-likeness (QED) is 0.907. The Kier molecular flexibility index (Phi) is 4.92. The summed E-state index contributed by atoms with van der Waals surface area (Å²) >= 11 is 0. The lowest BCUT2D eigenvalue weighted by Gasteiger charge is -2.15. The van der Waals surface area contributed by atoms with Crippen molar-refractivity contribution in [2.45, 2.75) is 19.0 Å². The van der Waals surface area contributed by atoms with Crippen LogP contribution in [0, 0.1) is 0 Å². The van der Waals surface area contributed by atoms with Crippen molar-refractivity contribution in [3.63, 3.8) is 0 Å². The lowest BCUT2D eigenvalue weighted by Crippen LogP contribution is -2.29. The molecule has 0 saturated carbocycles. The van der Waals surface area contributed by atoms with Crippen LogP contribution in [0.25, 0.3) is 0 Å². The van der Waals surface area contributed by atoms with Crippen LogP contribution in [-0.4, -0.2) is 34.8 Å². The van der Waals surface area contributed by atoms with Gasteiger partial charge in [-0.1, -0.05) is 18.2 Å². The van der Waals surface area contributed by atoms with Gasteiger partial charge in [-0.25, -0.2) is 4.98 Å². The molecule has 1 aliphatic heterocycles. The first-order valence-corrected chi connectivity index (χ1v) is 8.10. The van der Waals surface area contributed by atoms with Crippen molar-refractivity contribution < 1.29 is 22.8 Å². The zero-order chi connectivity index (χ0) is 18.7. The molecule has 8 heteroatoms. The van der Waals surface area contributed by atoms with Gasteiger partial charge in [0.05, 0.1) is 11.3 Å². The van der Waals surface area contributed by atoms with Gasteiger partial charge in [0, 0.05) is 13.1 Å². The molecule has 136 valence electrons. The molecule has 1 aromatic carbocycles. The normalized spacial score (nSPS) is 14.3. The number of rotatable bonds is 3. The maximum Gasteiger partial charge on any atom is 0.418 e. The van der Waals surface area contributed by atoms with Crippen LogP contribution < -0.4 is 5.32 Å². The van der Waals surface area contributed by atoms with Crippen molar-refractivity contribution in [2.75, 3.05) is 18.4 Å². The molecule has 0 unspecified atom stereocenters. The molecule has 1 fully saturated rings. The van der Waals surface area contributed by atoms with E-state index >= 15 is 0 Å².